The van der Waals surface area contributed by atoms with Gasteiger partial charge in [0.15, 0.2) is 0 Å². The molecule has 5 aromatic rings. The second-order valence-corrected chi connectivity index (χ2v) is 21.8. The van der Waals surface area contributed by atoms with Crippen molar-refractivity contribution >= 4 is 81.6 Å². The molecule has 0 spiro atoms. The summed E-state index contributed by atoms with van der Waals surface area (Å²) in [5, 5.41) is 3.26. The van der Waals surface area contributed by atoms with Gasteiger partial charge >= 0.3 is 5.97 Å². The van der Waals surface area contributed by atoms with Crippen LogP contribution in [0, 0.1) is 144 Å². The van der Waals surface area contributed by atoms with E-state index in [1.807, 2.05) is 6.07 Å². The molecule has 0 aliphatic rings. The summed E-state index contributed by atoms with van der Waals surface area (Å²) in [7, 11) is 0. The molecule has 4 nitrogen and oxygen atoms in total. The summed E-state index contributed by atoms with van der Waals surface area (Å²) in [6.07, 6.45) is 28.0. The van der Waals surface area contributed by atoms with E-state index < -0.39 is 5.97 Å². The first-order valence-corrected chi connectivity index (χ1v) is 29.1. The van der Waals surface area contributed by atoms with Gasteiger partial charge < -0.3 is 14.2 Å². The number of carbonyl (C=O) groups is 1. The summed E-state index contributed by atoms with van der Waals surface area (Å²) in [5.41, 5.74) is 0. The van der Waals surface area contributed by atoms with Crippen LogP contribution < -0.4 is 9.47 Å². The largest absolute Gasteiger partial charge is 0.491 e. The van der Waals surface area contributed by atoms with Crippen LogP contribution >= 0.6 is 45.3 Å². The molecular formula is C66H84O4S4. The summed E-state index contributed by atoms with van der Waals surface area (Å²) < 4.78 is 22.3. The Bertz CT molecular complexity index is 3400. The predicted octanol–water partition coefficient (Wildman–Crippen LogP) is 19.2. The molecule has 0 saturated heterocycles. The zero-order chi connectivity index (χ0) is 52.3. The van der Waals surface area contributed by atoms with E-state index in [0.29, 0.717) is 18.1 Å². The standard InChI is InChI=1S/C66H62O4S4.11H2/c1-6-9-12-15-18-21-24-25-26-27-28-29-30-31-32-33-34-37-40-43-46-49-70-66(67)59-52-57-62(74-59)54(5)72-63(57)58-51-56-61(69-48-45-42-39-36-23-20-17-14-11-8-3)64-55(50-53(4)71-64)60(65(56)73-58)68-47-44-41-38-35-22-19-16-13-10-7-2;;;;;;;;;;;/h50-52H,7-8,10-11,13-14,16-17,19-20,22-23,35-36,38-39,41-42,44-45,47-48H2,1-5H3;11*1H. The van der Waals surface area contributed by atoms with Crippen molar-refractivity contribution < 1.29 is 34.7 Å². The molecule has 0 saturated carbocycles. The number of carbonyl (C=O) groups excluding carboxylic acids is 1. The highest BCUT2D eigenvalue weighted by Crippen LogP contribution is 2.53. The number of fused-ring (bicyclic) bond motifs is 3. The number of aryl methyl sites for hydroxylation is 2. The number of ether oxygens (including phenoxy) is 3. The molecule has 8 heteroatoms. The van der Waals surface area contributed by atoms with Gasteiger partial charge in [0.1, 0.15) is 22.5 Å². The molecule has 0 aliphatic carbocycles. The minimum absolute atomic E-state index is 0. The van der Waals surface area contributed by atoms with Crippen molar-refractivity contribution in [2.75, 3.05) is 13.2 Å². The van der Waals surface area contributed by atoms with Crippen LogP contribution in [0.5, 0.6) is 11.5 Å². The maximum absolute atomic E-state index is 13.3. The second kappa shape index (κ2) is 35.2. The Balaban J connectivity index is -0.00000111. The van der Waals surface area contributed by atoms with Crippen LogP contribution in [0.2, 0.25) is 0 Å². The van der Waals surface area contributed by atoms with Gasteiger partial charge in [-0.15, -0.1) is 45.3 Å². The van der Waals surface area contributed by atoms with Crippen molar-refractivity contribution in [1.29, 1.82) is 0 Å². The van der Waals surface area contributed by atoms with Gasteiger partial charge in [-0.05, 0) is 99.2 Å². The third-order valence-electron chi connectivity index (χ3n) is 11.5. The summed E-state index contributed by atoms with van der Waals surface area (Å²) in [5.74, 6) is 55.1. The van der Waals surface area contributed by atoms with E-state index in [0.717, 1.165) is 69.2 Å². The monoisotopic (exact) mass is 1070 g/mol. The Morgan fingerprint density at radius 2 is 0.851 bits per heavy atom. The molecular weight excluding hydrogens is 985 g/mol. The molecule has 0 radical (unpaired) electrons. The molecule has 396 valence electrons. The Morgan fingerprint density at radius 1 is 0.446 bits per heavy atom. The van der Waals surface area contributed by atoms with Gasteiger partial charge in [-0.2, -0.15) is 0 Å². The van der Waals surface area contributed by atoms with Crippen molar-refractivity contribution in [3.05, 3.63) is 32.8 Å². The number of benzene rings is 1. The smallest absolute Gasteiger partial charge is 0.362 e. The van der Waals surface area contributed by atoms with Gasteiger partial charge in [0.05, 0.1) is 27.5 Å². The van der Waals surface area contributed by atoms with E-state index in [4.69, 9.17) is 14.2 Å². The SMILES string of the molecule is CC#CC#CC#CC#CC#CC#CC#CC#CC#CC#CC#COC(=O)c1cc2c(-c3cc4c(OCCCCCCCCCCCC)c5sc(C)cc5c(OCCCCCCCCCCCC)c4s3)sc(C)c2s1.[HH].[HH].[HH].[HH].[HH].[HH].[HH].[HH].[HH].[HH].[HH]. The number of hydrogen-bond donors (Lipinski definition) is 0. The maximum Gasteiger partial charge on any atom is 0.362 e. The minimum atomic E-state index is -0.528. The van der Waals surface area contributed by atoms with Crippen molar-refractivity contribution in [3.8, 4) is 152 Å². The van der Waals surface area contributed by atoms with Gasteiger partial charge in [0.2, 0.25) is 0 Å². The van der Waals surface area contributed by atoms with Crippen molar-refractivity contribution in [2.45, 2.75) is 163 Å². The fourth-order valence-corrected chi connectivity index (χ4v) is 12.5. The van der Waals surface area contributed by atoms with Crippen LogP contribution in [-0.2, 0) is 4.74 Å². The Hall–Kier alpha value is -6.97. The quantitative estimate of drug-likeness (QED) is 0.0314. The number of esters is 1. The van der Waals surface area contributed by atoms with Crippen molar-refractivity contribution in [3.63, 3.8) is 0 Å². The number of unbranched alkanes of at least 4 members (excludes halogenated alkanes) is 18. The molecule has 5 rings (SSSR count). The molecule has 74 heavy (non-hydrogen) atoms. The van der Waals surface area contributed by atoms with Crippen LogP contribution in [-0.4, -0.2) is 19.2 Å². The van der Waals surface area contributed by atoms with Crippen LogP contribution in [0.25, 0.3) is 40.0 Å². The van der Waals surface area contributed by atoms with E-state index in [9.17, 15) is 4.79 Å². The highest BCUT2D eigenvalue weighted by Gasteiger charge is 2.25. The summed E-state index contributed by atoms with van der Waals surface area (Å²) >= 11 is 6.71. The highest BCUT2D eigenvalue weighted by molar-refractivity contribution is 7.30. The first-order chi connectivity index (χ1) is 36.5. The molecule has 4 heterocycles. The molecule has 0 amide bonds. The lowest BCUT2D eigenvalue weighted by Gasteiger charge is -2.14. The summed E-state index contributed by atoms with van der Waals surface area (Å²) in [6.45, 7) is 11.9. The van der Waals surface area contributed by atoms with Crippen LogP contribution in [0.4, 0.5) is 0 Å². The van der Waals surface area contributed by atoms with Gasteiger partial charge in [-0.1, -0.05) is 135 Å². The molecule has 1 aromatic carbocycles. The lowest BCUT2D eigenvalue weighted by Crippen LogP contribution is -2.00. The lowest BCUT2D eigenvalue weighted by molar-refractivity contribution is 0.0696. The third kappa shape index (κ3) is 20.1. The summed E-state index contributed by atoms with van der Waals surface area (Å²) in [4.78, 5) is 18.4. The van der Waals surface area contributed by atoms with Crippen LogP contribution in [0.3, 0.4) is 0 Å². The first-order valence-electron chi connectivity index (χ1n) is 25.9. The second-order valence-electron chi connectivity index (χ2n) is 17.3. The molecule has 0 bridgehead atoms. The fourth-order valence-electron chi connectivity index (χ4n) is 7.88. The van der Waals surface area contributed by atoms with Crippen LogP contribution in [0.15, 0.2) is 18.2 Å². The number of rotatable bonds is 26. The molecule has 0 N–H and O–H groups in total. The lowest BCUT2D eigenvalue weighted by atomic mass is 10.1. The Labute approximate surface area is 474 Å². The zero-order valence-electron chi connectivity index (χ0n) is 43.6. The van der Waals surface area contributed by atoms with E-state index in [-0.39, 0.29) is 15.7 Å². The van der Waals surface area contributed by atoms with Gasteiger partial charge in [-0.25, -0.2) is 4.79 Å². The number of hydrogen-bond acceptors (Lipinski definition) is 8. The average molecular weight is 1070 g/mol. The number of thiophene rings is 4. The van der Waals surface area contributed by atoms with Gasteiger partial charge in [-0.3, -0.25) is 0 Å². The normalized spacial score (nSPS) is 9.47. The minimum Gasteiger partial charge on any atom is -0.491 e. The fraction of sp³-hybridized carbons (Fsp3) is 0.409. The van der Waals surface area contributed by atoms with Crippen molar-refractivity contribution in [1.82, 2.24) is 0 Å². The van der Waals surface area contributed by atoms with Crippen molar-refractivity contribution in [2.24, 2.45) is 0 Å². The van der Waals surface area contributed by atoms with E-state index in [1.165, 1.54) is 132 Å². The van der Waals surface area contributed by atoms with Gasteiger partial charge in [0, 0.05) is 122 Å². The van der Waals surface area contributed by atoms with Gasteiger partial charge in [0.25, 0.3) is 0 Å². The average Bonchev–Trinajstić information content (AvgIpc) is 4.20. The Morgan fingerprint density at radius 3 is 1.31 bits per heavy atom. The van der Waals surface area contributed by atoms with E-state index >= 15 is 0 Å². The van der Waals surface area contributed by atoms with Crippen LogP contribution in [0.1, 0.15) is 184 Å². The summed E-state index contributed by atoms with van der Waals surface area (Å²) in [6, 6.07) is 6.49. The Kier molecular flexibility index (Phi) is 27.6. The topological polar surface area (TPSA) is 44.8 Å². The molecule has 0 aliphatic heterocycles. The molecule has 0 fully saturated rings. The third-order valence-corrected chi connectivity index (χ3v) is 16.3. The molecule has 0 atom stereocenters. The zero-order valence-corrected chi connectivity index (χ0v) is 46.8. The molecule has 4 aromatic heterocycles. The first kappa shape index (κ1) is 57.9. The predicted molar refractivity (Wildman–Crippen MR) is 340 cm³/mol. The maximum atomic E-state index is 13.3. The van der Waals surface area contributed by atoms with E-state index in [2.05, 4.69) is 170 Å². The highest BCUT2D eigenvalue weighted by atomic mass is 32.1. The molecule has 0 unspecified atom stereocenters. The van der Waals surface area contributed by atoms with E-state index in [1.54, 1.807) is 40.9 Å².